The molecule has 0 amide bonds. The molecule has 1 aliphatic carbocycles. The summed E-state index contributed by atoms with van der Waals surface area (Å²) in [6, 6.07) is 16.5. The van der Waals surface area contributed by atoms with Crippen LogP contribution in [0, 0.1) is 12.8 Å². The molecule has 2 heterocycles. The van der Waals surface area contributed by atoms with Gasteiger partial charge in [-0.1, -0.05) is 35.9 Å². The minimum absolute atomic E-state index is 0.396. The SMILES string of the molecule is COc1ccc(CN2CC[C@]34CCN(C)[C@H](Cc5ccc(C)cc53)[C@@H]4C2)cc1. The van der Waals surface area contributed by atoms with Gasteiger partial charge in [0.15, 0.2) is 0 Å². The maximum Gasteiger partial charge on any atom is 0.118 e. The van der Waals surface area contributed by atoms with E-state index in [-0.39, 0.29) is 0 Å². The van der Waals surface area contributed by atoms with Gasteiger partial charge in [-0.25, -0.2) is 0 Å². The first kappa shape index (κ1) is 18.2. The summed E-state index contributed by atoms with van der Waals surface area (Å²) in [6.07, 6.45) is 3.83. The van der Waals surface area contributed by atoms with Gasteiger partial charge in [-0.3, -0.25) is 4.90 Å². The molecule has 3 heteroatoms. The van der Waals surface area contributed by atoms with Crippen molar-refractivity contribution in [2.75, 3.05) is 33.8 Å². The summed E-state index contributed by atoms with van der Waals surface area (Å²) >= 11 is 0. The van der Waals surface area contributed by atoms with E-state index in [0.29, 0.717) is 11.5 Å². The van der Waals surface area contributed by atoms with Crippen molar-refractivity contribution < 1.29 is 4.74 Å². The second-order valence-electron chi connectivity index (χ2n) is 9.26. The molecule has 0 aromatic heterocycles. The van der Waals surface area contributed by atoms with Crippen molar-refractivity contribution in [3.05, 3.63) is 64.7 Å². The van der Waals surface area contributed by atoms with Gasteiger partial charge >= 0.3 is 0 Å². The van der Waals surface area contributed by atoms with Crippen LogP contribution >= 0.6 is 0 Å². The van der Waals surface area contributed by atoms with Crippen molar-refractivity contribution in [1.82, 2.24) is 9.80 Å². The van der Waals surface area contributed by atoms with Crippen molar-refractivity contribution in [2.45, 2.75) is 44.2 Å². The van der Waals surface area contributed by atoms with Gasteiger partial charge in [0.25, 0.3) is 0 Å². The Morgan fingerprint density at radius 1 is 1.07 bits per heavy atom. The highest BCUT2D eigenvalue weighted by molar-refractivity contribution is 5.43. The highest BCUT2D eigenvalue weighted by atomic mass is 16.5. The quantitative estimate of drug-likeness (QED) is 0.805. The number of benzene rings is 2. The summed E-state index contributed by atoms with van der Waals surface area (Å²) in [5.74, 6) is 1.68. The molecule has 2 bridgehead atoms. The van der Waals surface area contributed by atoms with Crippen LogP contribution in [0.1, 0.15) is 35.1 Å². The molecule has 0 saturated carbocycles. The lowest BCUT2D eigenvalue weighted by molar-refractivity contribution is -0.0296. The fourth-order valence-electron chi connectivity index (χ4n) is 6.19. The second-order valence-corrected chi connectivity index (χ2v) is 9.26. The molecule has 0 N–H and O–H groups in total. The van der Waals surface area contributed by atoms with E-state index >= 15 is 0 Å². The van der Waals surface area contributed by atoms with Gasteiger partial charge in [0.05, 0.1) is 7.11 Å². The fraction of sp³-hybridized carbons (Fsp3) is 0.520. The molecule has 2 aliphatic heterocycles. The van der Waals surface area contributed by atoms with Crippen molar-refractivity contribution in [3.8, 4) is 5.75 Å². The largest absolute Gasteiger partial charge is 0.497 e. The zero-order valence-corrected chi connectivity index (χ0v) is 17.4. The number of rotatable bonds is 3. The summed E-state index contributed by atoms with van der Waals surface area (Å²) < 4.78 is 5.31. The van der Waals surface area contributed by atoms with Crippen molar-refractivity contribution in [1.29, 1.82) is 0 Å². The van der Waals surface area contributed by atoms with E-state index in [0.717, 1.165) is 18.2 Å². The van der Waals surface area contributed by atoms with Gasteiger partial charge < -0.3 is 9.64 Å². The maximum absolute atomic E-state index is 5.31. The molecule has 148 valence electrons. The summed E-state index contributed by atoms with van der Waals surface area (Å²) in [6.45, 7) is 6.97. The van der Waals surface area contributed by atoms with Crippen LogP contribution in [-0.2, 0) is 18.4 Å². The summed E-state index contributed by atoms with van der Waals surface area (Å²) in [5.41, 5.74) is 6.51. The number of likely N-dealkylation sites (N-methyl/N-ethyl adjacent to an activating group) is 1. The minimum Gasteiger partial charge on any atom is -0.497 e. The molecule has 2 saturated heterocycles. The summed E-state index contributed by atoms with van der Waals surface area (Å²) in [4.78, 5) is 5.33. The van der Waals surface area contributed by atoms with E-state index in [1.165, 1.54) is 50.0 Å². The Balaban J connectivity index is 1.43. The molecule has 28 heavy (non-hydrogen) atoms. The van der Waals surface area contributed by atoms with Gasteiger partial charge in [-0.15, -0.1) is 0 Å². The van der Waals surface area contributed by atoms with Crippen LogP contribution in [-0.4, -0.2) is 49.6 Å². The van der Waals surface area contributed by atoms with E-state index in [1.807, 2.05) is 0 Å². The Kier molecular flexibility index (Phi) is 4.48. The number of hydrogen-bond acceptors (Lipinski definition) is 3. The molecular formula is C25H32N2O. The lowest BCUT2D eigenvalue weighted by Gasteiger charge is -2.60. The van der Waals surface area contributed by atoms with E-state index < -0.39 is 0 Å². The average molecular weight is 377 g/mol. The number of aryl methyl sites for hydroxylation is 1. The Labute approximate surface area is 169 Å². The first-order valence-electron chi connectivity index (χ1n) is 10.7. The predicted octanol–water partition coefficient (Wildman–Crippen LogP) is 4.02. The van der Waals surface area contributed by atoms with Gasteiger partial charge in [0.1, 0.15) is 5.75 Å². The van der Waals surface area contributed by atoms with Crippen LogP contribution in [0.2, 0.25) is 0 Å². The maximum atomic E-state index is 5.31. The highest BCUT2D eigenvalue weighted by Gasteiger charge is 2.54. The van der Waals surface area contributed by atoms with Crippen LogP contribution in [0.4, 0.5) is 0 Å². The number of hydrogen-bond donors (Lipinski definition) is 0. The molecular weight excluding hydrogens is 344 g/mol. The molecule has 0 radical (unpaired) electrons. The Morgan fingerprint density at radius 3 is 2.64 bits per heavy atom. The number of ether oxygens (including phenoxy) is 1. The highest BCUT2D eigenvalue weighted by Crippen LogP contribution is 2.53. The van der Waals surface area contributed by atoms with E-state index in [9.17, 15) is 0 Å². The zero-order valence-electron chi connectivity index (χ0n) is 17.4. The van der Waals surface area contributed by atoms with Gasteiger partial charge in [-0.2, -0.15) is 0 Å². The lowest BCUT2D eigenvalue weighted by atomic mass is 9.54. The zero-order chi connectivity index (χ0) is 19.3. The number of nitrogens with zero attached hydrogens (tertiary/aromatic N) is 2. The molecule has 2 fully saturated rings. The molecule has 2 aromatic rings. The van der Waals surface area contributed by atoms with Crippen LogP contribution in [0.3, 0.4) is 0 Å². The predicted molar refractivity (Wildman–Crippen MR) is 114 cm³/mol. The third-order valence-electron chi connectivity index (χ3n) is 7.78. The third kappa shape index (κ3) is 2.87. The first-order valence-corrected chi connectivity index (χ1v) is 10.7. The molecule has 2 aromatic carbocycles. The summed E-state index contributed by atoms with van der Waals surface area (Å²) in [7, 11) is 4.08. The van der Waals surface area contributed by atoms with Gasteiger partial charge in [0, 0.05) is 24.5 Å². The Bertz CT molecular complexity index is 861. The lowest BCUT2D eigenvalue weighted by Crippen LogP contribution is -2.64. The number of methoxy groups -OCH3 is 1. The standard InChI is InChI=1S/C25H32N2O/c1-18-4-7-20-15-24-23-17-27(16-19-5-8-21(28-3)9-6-19)13-11-25(23,22(20)14-18)10-12-26(24)2/h4-9,14,23-24H,10-13,15-17H2,1-3H3/t23-,24+,25+/m0/s1. The molecule has 5 rings (SSSR count). The molecule has 0 spiro atoms. The van der Waals surface area contributed by atoms with Crippen LogP contribution < -0.4 is 4.74 Å². The molecule has 3 atom stereocenters. The average Bonchev–Trinajstić information content (AvgIpc) is 2.72. The van der Waals surface area contributed by atoms with Crippen molar-refractivity contribution >= 4 is 0 Å². The van der Waals surface area contributed by atoms with E-state index in [4.69, 9.17) is 4.74 Å². The van der Waals surface area contributed by atoms with Crippen molar-refractivity contribution in [2.24, 2.45) is 5.92 Å². The second kappa shape index (κ2) is 6.89. The van der Waals surface area contributed by atoms with E-state index in [2.05, 4.69) is 66.2 Å². The van der Waals surface area contributed by atoms with E-state index in [1.54, 1.807) is 18.2 Å². The topological polar surface area (TPSA) is 15.7 Å². The molecule has 3 nitrogen and oxygen atoms in total. The minimum atomic E-state index is 0.396. The number of likely N-dealkylation sites (tertiary alicyclic amines) is 2. The Morgan fingerprint density at radius 2 is 1.86 bits per heavy atom. The Hall–Kier alpha value is -1.84. The fourth-order valence-corrected chi connectivity index (χ4v) is 6.19. The van der Waals surface area contributed by atoms with Crippen LogP contribution in [0.25, 0.3) is 0 Å². The smallest absolute Gasteiger partial charge is 0.118 e. The van der Waals surface area contributed by atoms with Crippen LogP contribution in [0.15, 0.2) is 42.5 Å². The molecule has 0 unspecified atom stereocenters. The third-order valence-corrected chi connectivity index (χ3v) is 7.78. The molecule has 3 aliphatic rings. The van der Waals surface area contributed by atoms with Crippen LogP contribution in [0.5, 0.6) is 5.75 Å². The number of piperidine rings is 2. The first-order chi connectivity index (χ1) is 13.6. The van der Waals surface area contributed by atoms with Crippen molar-refractivity contribution in [3.63, 3.8) is 0 Å². The summed E-state index contributed by atoms with van der Waals surface area (Å²) in [5, 5.41) is 0. The van der Waals surface area contributed by atoms with Gasteiger partial charge in [-0.05, 0) is 81.1 Å². The number of fused-ring (bicyclic) bond motifs is 1. The monoisotopic (exact) mass is 376 g/mol. The normalized spacial score (nSPS) is 29.8. The van der Waals surface area contributed by atoms with Gasteiger partial charge in [0.2, 0.25) is 0 Å².